The number of carboxylic acids is 1. The predicted molar refractivity (Wildman–Crippen MR) is 55.0 cm³/mol. The van der Waals surface area contributed by atoms with Crippen LogP contribution in [0.1, 0.15) is 12.5 Å². The molecule has 1 atom stereocenters. The Labute approximate surface area is 92.1 Å². The zero-order valence-electron chi connectivity index (χ0n) is 8.74. The van der Waals surface area contributed by atoms with Gasteiger partial charge in [-0.15, -0.1) is 0 Å². The Morgan fingerprint density at radius 1 is 1.50 bits per heavy atom. The Bertz CT molecular complexity index is 406. The molecule has 0 saturated heterocycles. The van der Waals surface area contributed by atoms with Gasteiger partial charge in [-0.25, -0.2) is 4.39 Å². The van der Waals surface area contributed by atoms with Crippen LogP contribution in [0, 0.1) is 11.7 Å². The third-order valence-corrected chi connectivity index (χ3v) is 2.12. The molecule has 0 spiro atoms. The quantitative estimate of drug-likeness (QED) is 0.756. The fourth-order valence-corrected chi connectivity index (χ4v) is 1.10. The Hall–Kier alpha value is -1.91. The lowest BCUT2D eigenvalue weighted by molar-refractivity contribution is -0.146. The molecule has 5 heteroatoms. The lowest BCUT2D eigenvalue weighted by atomic mass is 10.1. The Kier molecular flexibility index (Phi) is 3.99. The van der Waals surface area contributed by atoms with Crippen LogP contribution < -0.4 is 5.32 Å². The van der Waals surface area contributed by atoms with Crippen molar-refractivity contribution in [2.24, 2.45) is 5.92 Å². The van der Waals surface area contributed by atoms with Gasteiger partial charge in [0.1, 0.15) is 11.7 Å². The van der Waals surface area contributed by atoms with Crippen LogP contribution in [-0.2, 0) is 16.1 Å². The summed E-state index contributed by atoms with van der Waals surface area (Å²) in [6.45, 7) is 1.41. The zero-order chi connectivity index (χ0) is 12.1. The molecule has 0 aliphatic heterocycles. The first-order chi connectivity index (χ1) is 7.50. The maximum atomic E-state index is 12.8. The van der Waals surface area contributed by atoms with Gasteiger partial charge in [0.05, 0.1) is 0 Å². The third-order valence-electron chi connectivity index (χ3n) is 2.12. The van der Waals surface area contributed by atoms with E-state index in [2.05, 4.69) is 5.32 Å². The highest BCUT2D eigenvalue weighted by molar-refractivity contribution is 5.96. The van der Waals surface area contributed by atoms with Gasteiger partial charge < -0.3 is 10.4 Å². The molecule has 16 heavy (non-hydrogen) atoms. The Balaban J connectivity index is 2.52. The third kappa shape index (κ3) is 3.34. The summed E-state index contributed by atoms with van der Waals surface area (Å²) in [5.41, 5.74) is 0.589. The molecule has 86 valence electrons. The van der Waals surface area contributed by atoms with E-state index >= 15 is 0 Å². The van der Waals surface area contributed by atoms with Crippen LogP contribution in [0.4, 0.5) is 4.39 Å². The number of hydrogen-bond acceptors (Lipinski definition) is 2. The number of halogens is 1. The van der Waals surface area contributed by atoms with Crippen molar-refractivity contribution in [2.75, 3.05) is 0 Å². The molecule has 0 aromatic heterocycles. The van der Waals surface area contributed by atoms with E-state index in [9.17, 15) is 14.0 Å². The number of nitrogens with one attached hydrogen (secondary N) is 1. The molecule has 0 heterocycles. The highest BCUT2D eigenvalue weighted by atomic mass is 19.1. The lowest BCUT2D eigenvalue weighted by Crippen LogP contribution is -2.33. The summed E-state index contributed by atoms with van der Waals surface area (Å²) in [6, 6.07) is 5.75. The first-order valence-electron chi connectivity index (χ1n) is 4.75. The van der Waals surface area contributed by atoms with Crippen molar-refractivity contribution in [3.8, 4) is 0 Å². The van der Waals surface area contributed by atoms with E-state index in [1.165, 1.54) is 25.1 Å². The molecular weight excluding hydrogens is 213 g/mol. The molecule has 1 amide bonds. The second kappa shape index (κ2) is 5.25. The first-order valence-corrected chi connectivity index (χ1v) is 4.75. The number of carbonyl (C=O) groups excluding carboxylic acids is 1. The van der Waals surface area contributed by atoms with Gasteiger partial charge in [0.2, 0.25) is 5.91 Å². The normalized spacial score (nSPS) is 11.9. The maximum Gasteiger partial charge on any atom is 0.315 e. The minimum Gasteiger partial charge on any atom is -0.481 e. The van der Waals surface area contributed by atoms with Gasteiger partial charge in [-0.2, -0.15) is 0 Å². The van der Waals surface area contributed by atoms with Crippen molar-refractivity contribution in [1.29, 1.82) is 0 Å². The molecule has 4 nitrogen and oxygen atoms in total. The number of benzene rings is 1. The summed E-state index contributed by atoms with van der Waals surface area (Å²) in [5.74, 6) is -3.26. The fraction of sp³-hybridized carbons (Fsp3) is 0.273. The highest BCUT2D eigenvalue weighted by Crippen LogP contribution is 2.03. The Morgan fingerprint density at radius 3 is 2.75 bits per heavy atom. The van der Waals surface area contributed by atoms with E-state index in [1.807, 2.05) is 0 Å². The van der Waals surface area contributed by atoms with Crippen LogP contribution >= 0.6 is 0 Å². The molecule has 0 fully saturated rings. The van der Waals surface area contributed by atoms with E-state index in [0.717, 1.165) is 0 Å². The maximum absolute atomic E-state index is 12.8. The first kappa shape index (κ1) is 12.2. The van der Waals surface area contributed by atoms with E-state index in [-0.39, 0.29) is 6.54 Å². The molecule has 1 aromatic rings. The van der Waals surface area contributed by atoms with Crippen LogP contribution in [0.15, 0.2) is 24.3 Å². The summed E-state index contributed by atoms with van der Waals surface area (Å²) >= 11 is 0. The molecule has 0 bridgehead atoms. The average Bonchev–Trinajstić information content (AvgIpc) is 2.24. The Morgan fingerprint density at radius 2 is 2.19 bits per heavy atom. The van der Waals surface area contributed by atoms with E-state index in [1.54, 1.807) is 6.07 Å². The van der Waals surface area contributed by atoms with E-state index in [4.69, 9.17) is 5.11 Å². The minimum atomic E-state index is -1.18. The van der Waals surface area contributed by atoms with Gasteiger partial charge in [-0.1, -0.05) is 12.1 Å². The second-order valence-corrected chi connectivity index (χ2v) is 3.41. The van der Waals surface area contributed by atoms with Crippen molar-refractivity contribution in [2.45, 2.75) is 13.5 Å². The van der Waals surface area contributed by atoms with Gasteiger partial charge in [0.25, 0.3) is 0 Å². The number of carboxylic acid groups (broad SMARTS) is 1. The zero-order valence-corrected chi connectivity index (χ0v) is 8.74. The monoisotopic (exact) mass is 225 g/mol. The summed E-state index contributed by atoms with van der Waals surface area (Å²) < 4.78 is 12.8. The standard InChI is InChI=1S/C11H12FNO3/c1-7(11(15)16)10(14)13-6-8-3-2-4-9(12)5-8/h2-5,7H,6H2,1H3,(H,13,14)(H,15,16). The summed E-state index contributed by atoms with van der Waals surface area (Å²) in [6.07, 6.45) is 0. The number of hydrogen-bond donors (Lipinski definition) is 2. The average molecular weight is 225 g/mol. The van der Waals surface area contributed by atoms with Crippen molar-refractivity contribution >= 4 is 11.9 Å². The van der Waals surface area contributed by atoms with Crippen LogP contribution in [0.5, 0.6) is 0 Å². The smallest absolute Gasteiger partial charge is 0.315 e. The summed E-state index contributed by atoms with van der Waals surface area (Å²) in [7, 11) is 0. The molecule has 0 aliphatic carbocycles. The van der Waals surface area contributed by atoms with Crippen molar-refractivity contribution in [3.63, 3.8) is 0 Å². The highest BCUT2D eigenvalue weighted by Gasteiger charge is 2.19. The second-order valence-electron chi connectivity index (χ2n) is 3.41. The predicted octanol–water partition coefficient (Wildman–Crippen LogP) is 1.16. The summed E-state index contributed by atoms with van der Waals surface area (Å²) in [4.78, 5) is 21.7. The number of carbonyl (C=O) groups is 2. The van der Waals surface area contributed by atoms with E-state index < -0.39 is 23.6 Å². The molecule has 1 aromatic carbocycles. The van der Waals surface area contributed by atoms with Crippen molar-refractivity contribution in [1.82, 2.24) is 5.32 Å². The molecule has 1 unspecified atom stereocenters. The van der Waals surface area contributed by atoms with Gasteiger partial charge in [-0.05, 0) is 24.6 Å². The lowest BCUT2D eigenvalue weighted by Gasteiger charge is -2.08. The molecule has 0 aliphatic rings. The van der Waals surface area contributed by atoms with Crippen LogP contribution in [0.3, 0.4) is 0 Å². The van der Waals surface area contributed by atoms with E-state index in [0.29, 0.717) is 5.56 Å². The minimum absolute atomic E-state index is 0.119. The SMILES string of the molecule is CC(C(=O)O)C(=O)NCc1cccc(F)c1. The van der Waals surface area contributed by atoms with Gasteiger partial charge in [0, 0.05) is 6.54 Å². The summed E-state index contributed by atoms with van der Waals surface area (Å²) in [5, 5.41) is 11.0. The molecular formula is C11H12FNO3. The fourth-order valence-electron chi connectivity index (χ4n) is 1.10. The number of rotatable bonds is 4. The number of amides is 1. The molecule has 2 N–H and O–H groups in total. The van der Waals surface area contributed by atoms with Crippen molar-refractivity contribution in [3.05, 3.63) is 35.6 Å². The molecule has 1 rings (SSSR count). The van der Waals surface area contributed by atoms with Gasteiger partial charge >= 0.3 is 5.97 Å². The topological polar surface area (TPSA) is 66.4 Å². The van der Waals surface area contributed by atoms with Gasteiger partial charge in [-0.3, -0.25) is 9.59 Å². The van der Waals surface area contributed by atoms with Crippen LogP contribution in [0.25, 0.3) is 0 Å². The van der Waals surface area contributed by atoms with Crippen LogP contribution in [-0.4, -0.2) is 17.0 Å². The van der Waals surface area contributed by atoms with Crippen molar-refractivity contribution < 1.29 is 19.1 Å². The van der Waals surface area contributed by atoms with Gasteiger partial charge in [0.15, 0.2) is 0 Å². The molecule has 0 radical (unpaired) electrons. The molecule has 0 saturated carbocycles. The largest absolute Gasteiger partial charge is 0.481 e. The number of aliphatic carboxylic acids is 1. The van der Waals surface area contributed by atoms with Crippen LogP contribution in [0.2, 0.25) is 0 Å².